The molecule has 18 heavy (non-hydrogen) atoms. The summed E-state index contributed by atoms with van der Waals surface area (Å²) in [7, 11) is -2.73. The summed E-state index contributed by atoms with van der Waals surface area (Å²) >= 11 is 0.964. The van der Waals surface area contributed by atoms with Gasteiger partial charge in [0.15, 0.2) is 0 Å². The van der Waals surface area contributed by atoms with Gasteiger partial charge in [-0.15, -0.1) is 5.10 Å². The zero-order valence-electron chi connectivity index (χ0n) is 9.86. The van der Waals surface area contributed by atoms with E-state index in [-0.39, 0.29) is 0 Å². The van der Waals surface area contributed by atoms with Crippen LogP contribution in [0.4, 0.5) is 0 Å². The van der Waals surface area contributed by atoms with Crippen LogP contribution in [0.1, 0.15) is 15.4 Å². The largest absolute Gasteiger partial charge is 0.299 e. The zero-order chi connectivity index (χ0) is 13.2. The molecule has 1 aromatic carbocycles. The average Bonchev–Trinajstić information content (AvgIpc) is 2.76. The van der Waals surface area contributed by atoms with Gasteiger partial charge in [0.2, 0.25) is 0 Å². The highest BCUT2D eigenvalue weighted by Gasteiger charge is 2.15. The lowest BCUT2D eigenvalue weighted by molar-refractivity contribution is 0.101. The molecule has 0 bridgehead atoms. The molecule has 0 spiro atoms. The average molecular weight is 281 g/mol. The molecule has 2 rings (SSSR count). The van der Waals surface area contributed by atoms with Gasteiger partial charge >= 0.3 is 0 Å². The Bertz CT molecular complexity index is 685. The van der Waals surface area contributed by atoms with E-state index in [1.54, 1.807) is 31.2 Å². The molecule has 7 heteroatoms. The van der Waals surface area contributed by atoms with Crippen LogP contribution in [0.15, 0.2) is 39.6 Å². The fourth-order valence-electron chi connectivity index (χ4n) is 1.35. The Hall–Kier alpha value is -1.60. The highest BCUT2D eigenvalue weighted by molar-refractivity contribution is 7.93. The van der Waals surface area contributed by atoms with Gasteiger partial charge in [0.05, 0.1) is 15.4 Å². The van der Waals surface area contributed by atoms with Crippen LogP contribution in [0.5, 0.6) is 0 Å². The van der Waals surface area contributed by atoms with Gasteiger partial charge in [-0.3, -0.25) is 4.79 Å². The Balaban J connectivity index is 2.43. The number of hydrogen-bond donors (Lipinski definition) is 0. The molecule has 0 saturated heterocycles. The number of nitrogens with zero attached hydrogens (tertiary/aromatic N) is 3. The third-order valence-corrected chi connectivity index (χ3v) is 4.76. The van der Waals surface area contributed by atoms with Crippen LogP contribution in [0, 0.1) is 6.92 Å². The normalized spacial score (nSPS) is 13.9. The topological polar surface area (TPSA) is 72.3 Å². The lowest BCUT2D eigenvalue weighted by Crippen LogP contribution is -2.03. The molecule has 0 radical (unpaired) electrons. The molecule has 1 amide bonds. The SMILES string of the molecule is Cc1nnsc1C(=O)N=[S@@](C)(=O)c1ccccc1. The van der Waals surface area contributed by atoms with Crippen molar-refractivity contribution >= 4 is 27.2 Å². The predicted octanol–water partition coefficient (Wildman–Crippen LogP) is 2.14. The van der Waals surface area contributed by atoms with Gasteiger partial charge in [0.25, 0.3) is 5.91 Å². The fourth-order valence-corrected chi connectivity index (χ4v) is 3.13. The van der Waals surface area contributed by atoms with Crippen molar-refractivity contribution < 1.29 is 9.00 Å². The summed E-state index contributed by atoms with van der Waals surface area (Å²) in [5, 5.41) is 3.74. The lowest BCUT2D eigenvalue weighted by atomic mass is 10.4. The van der Waals surface area contributed by atoms with Crippen molar-refractivity contribution in [1.29, 1.82) is 0 Å². The van der Waals surface area contributed by atoms with Crippen molar-refractivity contribution in [3.63, 3.8) is 0 Å². The summed E-state index contributed by atoms with van der Waals surface area (Å²) in [6.07, 6.45) is 1.45. The number of aromatic nitrogens is 2. The number of carbonyl (C=O) groups is 1. The second kappa shape index (κ2) is 4.95. The third-order valence-electron chi connectivity index (χ3n) is 2.28. The fraction of sp³-hybridized carbons (Fsp3) is 0.182. The first-order chi connectivity index (χ1) is 8.50. The first-order valence-corrected chi connectivity index (χ1v) is 7.81. The quantitative estimate of drug-likeness (QED) is 0.845. The number of carbonyl (C=O) groups excluding carboxylic acids is 1. The molecule has 0 fully saturated rings. The summed E-state index contributed by atoms with van der Waals surface area (Å²) in [6.45, 7) is 1.67. The van der Waals surface area contributed by atoms with Crippen LogP contribution < -0.4 is 0 Å². The van der Waals surface area contributed by atoms with Crippen molar-refractivity contribution in [2.24, 2.45) is 4.36 Å². The van der Waals surface area contributed by atoms with Crippen LogP contribution in [0.25, 0.3) is 0 Å². The number of amides is 1. The number of rotatable bonds is 2. The predicted molar refractivity (Wildman–Crippen MR) is 70.2 cm³/mol. The van der Waals surface area contributed by atoms with E-state index in [9.17, 15) is 9.00 Å². The summed E-state index contributed by atoms with van der Waals surface area (Å²) in [6, 6.07) is 8.72. The molecule has 0 aliphatic heterocycles. The van der Waals surface area contributed by atoms with E-state index in [2.05, 4.69) is 13.9 Å². The van der Waals surface area contributed by atoms with Crippen LogP contribution >= 0.6 is 11.5 Å². The lowest BCUT2D eigenvalue weighted by Gasteiger charge is -2.02. The molecule has 94 valence electrons. The third kappa shape index (κ3) is 2.62. The Morgan fingerprint density at radius 1 is 1.33 bits per heavy atom. The Morgan fingerprint density at radius 2 is 2.00 bits per heavy atom. The summed E-state index contributed by atoms with van der Waals surface area (Å²) < 4.78 is 19.8. The molecule has 0 N–H and O–H groups in total. The van der Waals surface area contributed by atoms with Crippen molar-refractivity contribution in [2.75, 3.05) is 6.26 Å². The maximum Gasteiger partial charge on any atom is 0.299 e. The second-order valence-electron chi connectivity index (χ2n) is 3.70. The van der Waals surface area contributed by atoms with Crippen LogP contribution in [0.2, 0.25) is 0 Å². The van der Waals surface area contributed by atoms with Crippen LogP contribution in [-0.4, -0.2) is 26.0 Å². The minimum absolute atomic E-state index is 0.334. The minimum Gasteiger partial charge on any atom is -0.265 e. The standard InChI is InChI=1S/C11H11N3O2S2/c1-8-10(17-14-12-8)11(15)13-18(2,16)9-6-4-3-5-7-9/h3-7H,1-2H3/t18-/m0/s1. The van der Waals surface area contributed by atoms with Crippen molar-refractivity contribution in [1.82, 2.24) is 9.59 Å². The van der Waals surface area contributed by atoms with Crippen molar-refractivity contribution in [2.45, 2.75) is 11.8 Å². The molecule has 0 aliphatic carbocycles. The van der Waals surface area contributed by atoms with E-state index in [1.807, 2.05) is 6.07 Å². The first kappa shape index (κ1) is 12.8. The highest BCUT2D eigenvalue weighted by atomic mass is 32.2. The Labute approximate surface area is 109 Å². The van der Waals surface area contributed by atoms with E-state index in [4.69, 9.17) is 0 Å². The molecule has 0 aliphatic rings. The molecule has 5 nitrogen and oxygen atoms in total. The molecular formula is C11H11N3O2S2. The summed E-state index contributed by atoms with van der Waals surface area (Å²) in [4.78, 5) is 12.8. The molecule has 1 aromatic heterocycles. The number of aryl methyl sites for hydroxylation is 1. The molecule has 1 atom stereocenters. The van der Waals surface area contributed by atoms with Crippen molar-refractivity contribution in [3.05, 3.63) is 40.9 Å². The molecule has 0 unspecified atom stereocenters. The van der Waals surface area contributed by atoms with Gasteiger partial charge < -0.3 is 0 Å². The molecule has 0 saturated carbocycles. The van der Waals surface area contributed by atoms with Gasteiger partial charge in [0, 0.05) is 11.2 Å². The minimum atomic E-state index is -2.73. The molecule has 2 aromatic rings. The first-order valence-electron chi connectivity index (χ1n) is 5.11. The van der Waals surface area contributed by atoms with Crippen molar-refractivity contribution in [3.8, 4) is 0 Å². The monoisotopic (exact) mass is 281 g/mol. The second-order valence-corrected chi connectivity index (χ2v) is 6.71. The molecule has 1 heterocycles. The Kier molecular flexibility index (Phi) is 3.53. The van der Waals surface area contributed by atoms with Gasteiger partial charge in [-0.05, 0) is 30.6 Å². The van der Waals surface area contributed by atoms with E-state index in [0.29, 0.717) is 15.5 Å². The number of benzene rings is 1. The van der Waals surface area contributed by atoms with Crippen LogP contribution in [-0.2, 0) is 9.73 Å². The molecular weight excluding hydrogens is 270 g/mol. The highest BCUT2D eigenvalue weighted by Crippen LogP contribution is 2.15. The smallest absolute Gasteiger partial charge is 0.265 e. The maximum atomic E-state index is 12.4. The van der Waals surface area contributed by atoms with Gasteiger partial charge in [-0.2, -0.15) is 4.36 Å². The zero-order valence-corrected chi connectivity index (χ0v) is 11.5. The van der Waals surface area contributed by atoms with Gasteiger partial charge in [-0.25, -0.2) is 4.21 Å². The summed E-state index contributed by atoms with van der Waals surface area (Å²) in [5.74, 6) is -0.529. The van der Waals surface area contributed by atoms with E-state index < -0.39 is 15.6 Å². The summed E-state index contributed by atoms with van der Waals surface area (Å²) in [5.41, 5.74) is 0.511. The van der Waals surface area contributed by atoms with Gasteiger partial charge in [-0.1, -0.05) is 22.7 Å². The van der Waals surface area contributed by atoms with Gasteiger partial charge in [0.1, 0.15) is 4.88 Å². The maximum absolute atomic E-state index is 12.4. The van der Waals surface area contributed by atoms with E-state index in [1.165, 1.54) is 6.26 Å². The van der Waals surface area contributed by atoms with E-state index >= 15 is 0 Å². The van der Waals surface area contributed by atoms with Crippen LogP contribution in [0.3, 0.4) is 0 Å². The Morgan fingerprint density at radius 3 is 2.56 bits per heavy atom. The number of hydrogen-bond acceptors (Lipinski definition) is 5. The van der Waals surface area contributed by atoms with E-state index in [0.717, 1.165) is 11.5 Å².